The SMILES string of the molecule is [C-]#[N+]c1cc(Br)n2c1CC(C)(C)C2. The Morgan fingerprint density at radius 2 is 2.31 bits per heavy atom. The van der Waals surface area contributed by atoms with Gasteiger partial charge in [-0.25, -0.2) is 4.85 Å². The van der Waals surface area contributed by atoms with Gasteiger partial charge in [0, 0.05) is 12.2 Å². The molecule has 0 amide bonds. The summed E-state index contributed by atoms with van der Waals surface area (Å²) in [6.45, 7) is 12.5. The number of halogens is 1. The van der Waals surface area contributed by atoms with Gasteiger partial charge < -0.3 is 4.57 Å². The molecule has 0 unspecified atom stereocenters. The second-order valence-electron chi connectivity index (χ2n) is 4.34. The number of hydrogen-bond acceptors (Lipinski definition) is 0. The smallest absolute Gasteiger partial charge is 0.208 e. The molecule has 0 saturated heterocycles. The van der Waals surface area contributed by atoms with E-state index in [1.54, 1.807) is 0 Å². The van der Waals surface area contributed by atoms with Crippen LogP contribution in [0.15, 0.2) is 10.7 Å². The summed E-state index contributed by atoms with van der Waals surface area (Å²) < 4.78 is 3.24. The predicted octanol–water partition coefficient (Wildman–Crippen LogP) is 3.38. The lowest BCUT2D eigenvalue weighted by atomic mass is 9.91. The fourth-order valence-corrected chi connectivity index (χ4v) is 2.49. The first-order chi connectivity index (χ1) is 6.03. The minimum absolute atomic E-state index is 0.304. The second kappa shape index (κ2) is 2.62. The van der Waals surface area contributed by atoms with Crippen LogP contribution in [-0.2, 0) is 13.0 Å². The zero-order valence-corrected chi connectivity index (χ0v) is 9.35. The third kappa shape index (κ3) is 1.30. The van der Waals surface area contributed by atoms with Gasteiger partial charge >= 0.3 is 0 Å². The van der Waals surface area contributed by atoms with Crippen LogP contribution in [0.3, 0.4) is 0 Å². The molecule has 0 saturated carbocycles. The van der Waals surface area contributed by atoms with Gasteiger partial charge in [-0.2, -0.15) is 0 Å². The molecule has 0 bridgehead atoms. The Morgan fingerprint density at radius 1 is 1.62 bits per heavy atom. The van der Waals surface area contributed by atoms with Crippen molar-refractivity contribution in [2.45, 2.75) is 26.8 Å². The van der Waals surface area contributed by atoms with Crippen molar-refractivity contribution in [1.82, 2.24) is 4.57 Å². The highest BCUT2D eigenvalue weighted by atomic mass is 79.9. The summed E-state index contributed by atoms with van der Waals surface area (Å²) in [6, 6.07) is 1.91. The van der Waals surface area contributed by atoms with Gasteiger partial charge in [-0.3, -0.25) is 0 Å². The van der Waals surface area contributed by atoms with Crippen molar-refractivity contribution in [2.75, 3.05) is 0 Å². The molecule has 1 aromatic rings. The van der Waals surface area contributed by atoms with Gasteiger partial charge in [0.05, 0.1) is 11.2 Å². The van der Waals surface area contributed by atoms with E-state index in [4.69, 9.17) is 6.57 Å². The van der Waals surface area contributed by atoms with Crippen molar-refractivity contribution in [2.24, 2.45) is 5.41 Å². The first kappa shape index (κ1) is 8.83. The first-order valence-electron chi connectivity index (χ1n) is 4.29. The minimum Gasteiger partial charge on any atom is -0.350 e. The molecule has 0 aliphatic carbocycles. The molecule has 13 heavy (non-hydrogen) atoms. The predicted molar refractivity (Wildman–Crippen MR) is 55.9 cm³/mol. The van der Waals surface area contributed by atoms with E-state index < -0.39 is 0 Å². The van der Waals surface area contributed by atoms with Gasteiger partial charge in [-0.15, -0.1) is 0 Å². The Balaban J connectivity index is 2.54. The summed E-state index contributed by atoms with van der Waals surface area (Å²) >= 11 is 3.48. The molecule has 0 fully saturated rings. The zero-order valence-electron chi connectivity index (χ0n) is 7.76. The maximum absolute atomic E-state index is 7.05. The highest BCUT2D eigenvalue weighted by molar-refractivity contribution is 9.10. The molecule has 1 aromatic heterocycles. The summed E-state index contributed by atoms with van der Waals surface area (Å²) in [5.41, 5.74) is 2.29. The Hall–Kier alpha value is -0.750. The molecule has 0 aromatic carbocycles. The Bertz CT molecular complexity index is 396. The molecule has 3 heteroatoms. The molecule has 2 rings (SSSR count). The first-order valence-corrected chi connectivity index (χ1v) is 5.08. The number of rotatable bonds is 0. The van der Waals surface area contributed by atoms with Crippen LogP contribution < -0.4 is 0 Å². The molecule has 0 spiro atoms. The summed E-state index contributed by atoms with van der Waals surface area (Å²) in [4.78, 5) is 3.53. The lowest BCUT2D eigenvalue weighted by molar-refractivity contribution is 0.357. The van der Waals surface area contributed by atoms with Crippen LogP contribution in [0.4, 0.5) is 5.69 Å². The Kier molecular flexibility index (Phi) is 1.78. The summed E-state index contributed by atoms with van der Waals surface area (Å²) in [5.74, 6) is 0. The van der Waals surface area contributed by atoms with Crippen LogP contribution >= 0.6 is 15.9 Å². The Morgan fingerprint density at radius 3 is 2.92 bits per heavy atom. The molecular formula is C10H11BrN2. The highest BCUT2D eigenvalue weighted by Gasteiger charge is 2.31. The molecule has 0 N–H and O–H groups in total. The van der Waals surface area contributed by atoms with Gasteiger partial charge in [-0.1, -0.05) is 13.8 Å². The number of nitrogens with zero attached hydrogens (tertiary/aromatic N) is 2. The quantitative estimate of drug-likeness (QED) is 0.614. The third-order valence-corrected chi connectivity index (χ3v) is 3.14. The maximum atomic E-state index is 7.05. The van der Waals surface area contributed by atoms with Crippen LogP contribution in [0.5, 0.6) is 0 Å². The van der Waals surface area contributed by atoms with E-state index in [-0.39, 0.29) is 0 Å². The van der Waals surface area contributed by atoms with Crippen molar-refractivity contribution in [1.29, 1.82) is 0 Å². The van der Waals surface area contributed by atoms with E-state index in [2.05, 4.69) is 39.2 Å². The van der Waals surface area contributed by atoms with E-state index in [0.717, 1.165) is 23.3 Å². The van der Waals surface area contributed by atoms with Crippen molar-refractivity contribution < 1.29 is 0 Å². The molecule has 68 valence electrons. The van der Waals surface area contributed by atoms with Crippen LogP contribution in [-0.4, -0.2) is 4.57 Å². The highest BCUT2D eigenvalue weighted by Crippen LogP contribution is 2.40. The summed E-state index contributed by atoms with van der Waals surface area (Å²) in [7, 11) is 0. The molecular weight excluding hydrogens is 228 g/mol. The average Bonchev–Trinajstić information content (AvgIpc) is 2.47. The number of hydrogen-bond donors (Lipinski definition) is 0. The van der Waals surface area contributed by atoms with Crippen LogP contribution in [0.2, 0.25) is 0 Å². The maximum Gasteiger partial charge on any atom is 0.208 e. The van der Waals surface area contributed by atoms with E-state index in [9.17, 15) is 0 Å². The largest absolute Gasteiger partial charge is 0.350 e. The zero-order chi connectivity index (χ0) is 9.64. The van der Waals surface area contributed by atoms with E-state index in [1.807, 2.05) is 6.07 Å². The number of fused-ring (bicyclic) bond motifs is 1. The molecule has 0 atom stereocenters. The van der Waals surface area contributed by atoms with Crippen molar-refractivity contribution in [3.63, 3.8) is 0 Å². The number of aromatic nitrogens is 1. The summed E-state index contributed by atoms with van der Waals surface area (Å²) in [5, 5.41) is 0. The van der Waals surface area contributed by atoms with E-state index >= 15 is 0 Å². The summed E-state index contributed by atoms with van der Waals surface area (Å²) in [6.07, 6.45) is 1.01. The molecule has 0 radical (unpaired) electrons. The topological polar surface area (TPSA) is 9.29 Å². The monoisotopic (exact) mass is 238 g/mol. The van der Waals surface area contributed by atoms with E-state index in [0.29, 0.717) is 5.41 Å². The molecule has 1 aliphatic rings. The van der Waals surface area contributed by atoms with Gasteiger partial charge in [0.15, 0.2) is 0 Å². The van der Waals surface area contributed by atoms with Crippen LogP contribution in [0, 0.1) is 12.0 Å². The molecule has 2 nitrogen and oxygen atoms in total. The van der Waals surface area contributed by atoms with Crippen molar-refractivity contribution >= 4 is 21.6 Å². The lowest BCUT2D eigenvalue weighted by Crippen LogP contribution is -2.12. The van der Waals surface area contributed by atoms with E-state index in [1.165, 1.54) is 5.69 Å². The fourth-order valence-electron chi connectivity index (χ4n) is 1.93. The van der Waals surface area contributed by atoms with Crippen LogP contribution in [0.25, 0.3) is 4.85 Å². The molecule has 1 aliphatic heterocycles. The fraction of sp³-hybridized carbons (Fsp3) is 0.500. The Labute approximate surface area is 86.5 Å². The van der Waals surface area contributed by atoms with Gasteiger partial charge in [0.1, 0.15) is 0 Å². The third-order valence-electron chi connectivity index (χ3n) is 2.49. The lowest BCUT2D eigenvalue weighted by Gasteiger charge is -2.15. The van der Waals surface area contributed by atoms with Gasteiger partial charge in [0.2, 0.25) is 5.69 Å². The van der Waals surface area contributed by atoms with Crippen molar-refractivity contribution in [3.05, 3.63) is 27.8 Å². The minimum atomic E-state index is 0.304. The van der Waals surface area contributed by atoms with Crippen molar-refractivity contribution in [3.8, 4) is 0 Å². The standard InChI is InChI=1S/C10H11BrN2/c1-10(2)5-8-7(12-3)4-9(11)13(8)6-10/h4H,5-6H2,1-2H3. The van der Waals surface area contributed by atoms with Gasteiger partial charge in [0.25, 0.3) is 0 Å². The molecule has 2 heterocycles. The normalized spacial score (nSPS) is 18.3. The van der Waals surface area contributed by atoms with Crippen LogP contribution in [0.1, 0.15) is 19.5 Å². The van der Waals surface area contributed by atoms with Gasteiger partial charge in [-0.05, 0) is 33.8 Å². The second-order valence-corrected chi connectivity index (χ2v) is 5.15. The average molecular weight is 239 g/mol.